The molecule has 0 bridgehead atoms. The van der Waals surface area contributed by atoms with Gasteiger partial charge in [0.25, 0.3) is 0 Å². The summed E-state index contributed by atoms with van der Waals surface area (Å²) >= 11 is 0. The minimum Gasteiger partial charge on any atom is -0.508 e. The molecule has 0 amide bonds. The van der Waals surface area contributed by atoms with E-state index in [2.05, 4.69) is 11.9 Å². The number of benzene rings is 2. The summed E-state index contributed by atoms with van der Waals surface area (Å²) in [7, 11) is 0. The lowest BCUT2D eigenvalue weighted by atomic mass is 9.85. The van der Waals surface area contributed by atoms with E-state index in [1.165, 1.54) is 30.3 Å². The second-order valence-corrected chi connectivity index (χ2v) is 13.6. The van der Waals surface area contributed by atoms with Crippen LogP contribution in [0.2, 0.25) is 0 Å². The number of aliphatic hydroxyl groups is 5. The first kappa shape index (κ1) is 34.9. The number of aliphatic imine (C=N–C) groups is 1. The summed E-state index contributed by atoms with van der Waals surface area (Å²) in [5.41, 5.74) is 0.830. The summed E-state index contributed by atoms with van der Waals surface area (Å²) < 4.78 is 12.9. The number of nitrogens with zero attached hydrogens (tertiary/aromatic N) is 1. The first-order chi connectivity index (χ1) is 23.3. The number of ether oxygens (including phenoxy) is 1. The number of hydrogen-bond acceptors (Lipinski definition) is 12. The van der Waals surface area contributed by atoms with Crippen molar-refractivity contribution in [3.05, 3.63) is 87.1 Å². The van der Waals surface area contributed by atoms with E-state index in [1.54, 1.807) is 19.2 Å². The van der Waals surface area contributed by atoms with Gasteiger partial charge in [-0.2, -0.15) is 0 Å². The average molecular weight is 680 g/mol. The molecular formula is C36H43N2O11+. The van der Waals surface area contributed by atoms with Gasteiger partial charge in [0.15, 0.2) is 11.2 Å². The van der Waals surface area contributed by atoms with Gasteiger partial charge >= 0.3 is 0 Å². The van der Waals surface area contributed by atoms with E-state index in [1.807, 2.05) is 26.1 Å². The van der Waals surface area contributed by atoms with Crippen molar-refractivity contribution < 1.29 is 54.5 Å². The molecule has 49 heavy (non-hydrogen) atoms. The van der Waals surface area contributed by atoms with Gasteiger partial charge in [-0.1, -0.05) is 19.1 Å². The van der Waals surface area contributed by atoms with Gasteiger partial charge in [0.1, 0.15) is 71.7 Å². The average Bonchev–Trinajstić information content (AvgIpc) is 3.65. The molecule has 3 aromatic rings. The van der Waals surface area contributed by atoms with Gasteiger partial charge in [-0.15, -0.1) is 0 Å². The van der Waals surface area contributed by atoms with Gasteiger partial charge in [0.05, 0.1) is 12.0 Å². The molecule has 0 saturated carbocycles. The van der Waals surface area contributed by atoms with Gasteiger partial charge in [-0.25, -0.2) is 9.78 Å². The SMILES string of the molecule is CCC1C2=CC=NC2=C[NH+]1c1c2c(cc3c(=O)cc(C)oc13)CC(OOCC(O)(Cc1ccc(O)cc1)C(O)C(O)C(O)CO)C(C)(C)O2. The van der Waals surface area contributed by atoms with Crippen LogP contribution in [0.3, 0.4) is 0 Å². The van der Waals surface area contributed by atoms with E-state index in [4.69, 9.17) is 18.9 Å². The molecule has 7 unspecified atom stereocenters. The van der Waals surface area contributed by atoms with Crippen molar-refractivity contribution in [3.63, 3.8) is 0 Å². The molecule has 2 aromatic carbocycles. The summed E-state index contributed by atoms with van der Waals surface area (Å²) in [5.74, 6) is 1.02. The number of phenols is 1. The summed E-state index contributed by atoms with van der Waals surface area (Å²) in [5, 5.41) is 62.5. The Balaban J connectivity index is 1.31. The second kappa shape index (κ2) is 13.4. The smallest absolute Gasteiger partial charge is 0.222 e. The maximum absolute atomic E-state index is 13.3. The summed E-state index contributed by atoms with van der Waals surface area (Å²) in [6, 6.07) is 9.05. The van der Waals surface area contributed by atoms with Crippen LogP contribution in [-0.2, 0) is 22.6 Å². The first-order valence-electron chi connectivity index (χ1n) is 16.3. The number of allylic oxidation sites excluding steroid dienone is 1. The number of fused-ring (bicyclic) bond motifs is 3. The highest BCUT2D eigenvalue weighted by atomic mass is 17.2. The van der Waals surface area contributed by atoms with E-state index in [0.717, 1.165) is 22.6 Å². The summed E-state index contributed by atoms with van der Waals surface area (Å²) in [6.45, 7) is 5.95. The fourth-order valence-corrected chi connectivity index (χ4v) is 6.84. The Hall–Kier alpha value is -3.92. The third kappa shape index (κ3) is 6.56. The Morgan fingerprint density at radius 2 is 1.90 bits per heavy atom. The normalized spacial score (nSPS) is 24.0. The van der Waals surface area contributed by atoms with Crippen LogP contribution < -0.4 is 15.1 Å². The third-order valence-electron chi connectivity index (χ3n) is 9.62. The van der Waals surface area contributed by atoms with E-state index >= 15 is 0 Å². The molecule has 0 spiro atoms. The molecule has 262 valence electrons. The van der Waals surface area contributed by atoms with Gasteiger partial charge in [0, 0.05) is 42.7 Å². The van der Waals surface area contributed by atoms with Gasteiger partial charge in [0.2, 0.25) is 11.3 Å². The predicted octanol–water partition coefficient (Wildman–Crippen LogP) is 1.05. The molecule has 0 saturated heterocycles. The quantitative estimate of drug-likeness (QED) is 0.107. The highest BCUT2D eigenvalue weighted by molar-refractivity contribution is 5.90. The van der Waals surface area contributed by atoms with Crippen LogP contribution in [0.5, 0.6) is 11.5 Å². The molecule has 0 fully saturated rings. The number of nitrogens with one attached hydrogen (secondary N) is 1. The number of aliphatic hydroxyl groups excluding tert-OH is 4. The van der Waals surface area contributed by atoms with Crippen molar-refractivity contribution in [2.45, 2.75) is 88.6 Å². The molecule has 0 aliphatic carbocycles. The maximum atomic E-state index is 13.3. The van der Waals surface area contributed by atoms with Crippen LogP contribution in [0, 0.1) is 6.92 Å². The number of phenolic OH excluding ortho intramolecular Hbond substituents is 1. The van der Waals surface area contributed by atoms with Crippen LogP contribution in [0.4, 0.5) is 5.69 Å². The Bertz CT molecular complexity index is 1870. The van der Waals surface area contributed by atoms with Crippen molar-refractivity contribution in [1.29, 1.82) is 0 Å². The van der Waals surface area contributed by atoms with E-state index in [0.29, 0.717) is 39.3 Å². The number of aryl methyl sites for hydroxylation is 1. The van der Waals surface area contributed by atoms with Crippen LogP contribution in [-0.4, -0.2) is 91.7 Å². The Kier molecular flexibility index (Phi) is 9.56. The van der Waals surface area contributed by atoms with Gasteiger partial charge in [-0.05, 0) is 50.6 Å². The zero-order chi connectivity index (χ0) is 35.2. The number of quaternary nitrogens is 1. The molecule has 7 N–H and O–H groups in total. The number of rotatable bonds is 12. The lowest BCUT2D eigenvalue weighted by Gasteiger charge is -2.40. The fraction of sp³-hybridized carbons (Fsp3) is 0.444. The third-order valence-corrected chi connectivity index (χ3v) is 9.62. The van der Waals surface area contributed by atoms with Crippen molar-refractivity contribution in [2.24, 2.45) is 4.99 Å². The lowest BCUT2D eigenvalue weighted by Crippen LogP contribution is -3.05. The molecule has 0 radical (unpaired) electrons. The van der Waals surface area contributed by atoms with Crippen molar-refractivity contribution in [1.82, 2.24) is 0 Å². The zero-order valence-corrected chi connectivity index (χ0v) is 27.8. The molecule has 13 heteroatoms. The van der Waals surface area contributed by atoms with Crippen LogP contribution >= 0.6 is 0 Å². The molecule has 6 rings (SSSR count). The molecule has 13 nitrogen and oxygen atoms in total. The number of hydrogen-bond donors (Lipinski definition) is 7. The van der Waals surface area contributed by atoms with Crippen molar-refractivity contribution >= 4 is 22.9 Å². The fourth-order valence-electron chi connectivity index (χ4n) is 6.84. The molecule has 3 aliphatic rings. The Morgan fingerprint density at radius 1 is 1.16 bits per heavy atom. The standard InChI is InChI=1S/C36H42N2O11/c1-5-26-23-10-11-37-25(23)16-38(26)30-32-21(13-24-27(41)12-19(2)47-33(24)30)14-29(35(3,4)48-32)49-46-18-36(45,34(44)31(43)28(42)17-39)15-20-6-8-22(40)9-7-20/h6-13,16,26,28-29,31,34,39-40,42-45H,5,14-15,17-18H2,1-4H3/p+1. The predicted molar refractivity (Wildman–Crippen MR) is 178 cm³/mol. The molecule has 7 atom stereocenters. The minimum atomic E-state index is -2.21. The van der Waals surface area contributed by atoms with Crippen LogP contribution in [0.15, 0.2) is 74.1 Å². The van der Waals surface area contributed by atoms with Crippen LogP contribution in [0.25, 0.3) is 11.0 Å². The van der Waals surface area contributed by atoms with Gasteiger partial charge in [-0.3, -0.25) is 14.7 Å². The van der Waals surface area contributed by atoms with Crippen LogP contribution in [0.1, 0.15) is 44.1 Å². The van der Waals surface area contributed by atoms with E-state index < -0.39 is 48.8 Å². The second-order valence-electron chi connectivity index (χ2n) is 13.6. The largest absolute Gasteiger partial charge is 0.508 e. The lowest BCUT2D eigenvalue weighted by molar-refractivity contribution is -0.793. The van der Waals surface area contributed by atoms with E-state index in [-0.39, 0.29) is 30.1 Å². The zero-order valence-electron chi connectivity index (χ0n) is 27.8. The van der Waals surface area contributed by atoms with Gasteiger partial charge < -0.3 is 39.8 Å². The Morgan fingerprint density at radius 3 is 2.59 bits per heavy atom. The maximum Gasteiger partial charge on any atom is 0.222 e. The Labute approximate surface area is 282 Å². The number of aromatic hydroxyl groups is 1. The topological polar surface area (TPSA) is 196 Å². The summed E-state index contributed by atoms with van der Waals surface area (Å²) in [6.07, 6.45) is 0.168. The monoisotopic (exact) mass is 679 g/mol. The van der Waals surface area contributed by atoms with E-state index in [9.17, 15) is 35.4 Å². The molecule has 4 heterocycles. The van der Waals surface area contributed by atoms with Crippen molar-refractivity contribution in [2.75, 3.05) is 13.2 Å². The molecule has 1 aromatic heterocycles. The summed E-state index contributed by atoms with van der Waals surface area (Å²) in [4.78, 5) is 30.3. The molecular weight excluding hydrogens is 636 g/mol. The highest BCUT2D eigenvalue weighted by Crippen LogP contribution is 2.43. The molecule has 3 aliphatic heterocycles. The first-order valence-corrected chi connectivity index (χ1v) is 16.3. The van der Waals surface area contributed by atoms with Crippen molar-refractivity contribution in [3.8, 4) is 11.5 Å². The highest BCUT2D eigenvalue weighted by Gasteiger charge is 2.47. The minimum absolute atomic E-state index is 0.00606.